The fourth-order valence-electron chi connectivity index (χ4n) is 1.92. The summed E-state index contributed by atoms with van der Waals surface area (Å²) < 4.78 is 4.68. The lowest BCUT2D eigenvalue weighted by atomic mass is 9.99. The van der Waals surface area contributed by atoms with E-state index in [9.17, 15) is 9.59 Å². The van der Waals surface area contributed by atoms with E-state index >= 15 is 0 Å². The van der Waals surface area contributed by atoms with Crippen molar-refractivity contribution in [2.45, 2.75) is 12.1 Å². The van der Waals surface area contributed by atoms with Crippen LogP contribution in [0.3, 0.4) is 0 Å². The number of carbonyl (C=O) groups is 2. The fourth-order valence-corrected chi connectivity index (χ4v) is 1.92. The second-order valence-corrected chi connectivity index (χ2v) is 4.22. The fraction of sp³-hybridized carbons (Fsp3) is 0.250. The monoisotopic (exact) mass is 291 g/mol. The molecule has 0 aromatic heterocycles. The van der Waals surface area contributed by atoms with Crippen molar-refractivity contribution in [3.05, 3.63) is 35.4 Å². The zero-order valence-electron chi connectivity index (χ0n) is 11.0. The van der Waals surface area contributed by atoms with E-state index in [0.717, 1.165) is 0 Å². The number of hydrogen-bond acceptors (Lipinski definition) is 7. The molecule has 1 aromatic carbocycles. The van der Waals surface area contributed by atoms with Gasteiger partial charge in [0.25, 0.3) is 0 Å². The van der Waals surface area contributed by atoms with Crippen molar-refractivity contribution in [2.24, 2.45) is 0 Å². The highest BCUT2D eigenvalue weighted by atomic mass is 16.5. The normalized spacial score (nSPS) is 21.4. The van der Waals surface area contributed by atoms with Crippen molar-refractivity contribution in [1.82, 2.24) is 21.5 Å². The predicted octanol–water partition coefficient (Wildman–Crippen LogP) is -0.352. The zero-order chi connectivity index (χ0) is 15.4. The Morgan fingerprint density at radius 3 is 2.57 bits per heavy atom. The molecule has 0 spiro atoms. The topological polar surface area (TPSA) is 127 Å². The first-order valence-corrected chi connectivity index (χ1v) is 5.95. The van der Waals surface area contributed by atoms with Gasteiger partial charge in [-0.3, -0.25) is 4.79 Å². The summed E-state index contributed by atoms with van der Waals surface area (Å²) in [7, 11) is 1.24. The summed E-state index contributed by atoms with van der Waals surface area (Å²) in [5.74, 6) is -0.561. The number of benzene rings is 1. The predicted molar refractivity (Wildman–Crippen MR) is 69.0 cm³/mol. The summed E-state index contributed by atoms with van der Waals surface area (Å²) in [5, 5.41) is 18.4. The minimum Gasteiger partial charge on any atom is -0.468 e. The standard InChI is InChI=1S/C12H13N5O4/c1-21-11(18)10-9(15-17(12(19)20)16-14-10)8-4-2-7(6-13)3-5-8/h2-5,9-10,14-16H,1H3,(H,19,20). The molecular weight excluding hydrogens is 278 g/mol. The Bertz CT molecular complexity index is 582. The van der Waals surface area contributed by atoms with Gasteiger partial charge in [-0.2, -0.15) is 10.4 Å². The molecule has 1 aliphatic rings. The smallest absolute Gasteiger partial charge is 0.438 e. The lowest BCUT2D eigenvalue weighted by Gasteiger charge is -2.37. The molecule has 9 heteroatoms. The number of nitriles is 1. The van der Waals surface area contributed by atoms with Crippen LogP contribution >= 0.6 is 0 Å². The van der Waals surface area contributed by atoms with Crippen molar-refractivity contribution in [3.8, 4) is 6.07 Å². The zero-order valence-corrected chi connectivity index (χ0v) is 11.0. The number of nitrogens with one attached hydrogen (secondary N) is 3. The highest BCUT2D eigenvalue weighted by Gasteiger charge is 2.37. The summed E-state index contributed by atoms with van der Waals surface area (Å²) in [6, 6.07) is 6.91. The molecule has 21 heavy (non-hydrogen) atoms. The number of esters is 1. The van der Waals surface area contributed by atoms with Crippen LogP contribution < -0.4 is 16.4 Å². The number of methoxy groups -OCH3 is 1. The van der Waals surface area contributed by atoms with Gasteiger partial charge in [0, 0.05) is 0 Å². The van der Waals surface area contributed by atoms with Crippen LogP contribution in [0.25, 0.3) is 0 Å². The van der Waals surface area contributed by atoms with Gasteiger partial charge in [-0.05, 0) is 17.7 Å². The van der Waals surface area contributed by atoms with Crippen molar-refractivity contribution >= 4 is 12.1 Å². The van der Waals surface area contributed by atoms with E-state index in [4.69, 9.17) is 10.4 Å². The molecule has 1 aliphatic heterocycles. The van der Waals surface area contributed by atoms with E-state index in [1.807, 2.05) is 6.07 Å². The van der Waals surface area contributed by atoms with Gasteiger partial charge in [-0.25, -0.2) is 15.6 Å². The molecule has 1 fully saturated rings. The van der Waals surface area contributed by atoms with Crippen LogP contribution in [-0.4, -0.2) is 35.4 Å². The van der Waals surface area contributed by atoms with Crippen LogP contribution in [0, 0.1) is 11.3 Å². The molecule has 2 unspecified atom stereocenters. The van der Waals surface area contributed by atoms with E-state index in [1.165, 1.54) is 7.11 Å². The maximum Gasteiger partial charge on any atom is 0.438 e. The molecule has 0 aliphatic carbocycles. The van der Waals surface area contributed by atoms with E-state index in [-0.39, 0.29) is 0 Å². The molecule has 1 amide bonds. The van der Waals surface area contributed by atoms with Crippen LogP contribution in [0.1, 0.15) is 17.2 Å². The van der Waals surface area contributed by atoms with E-state index in [1.54, 1.807) is 24.3 Å². The molecule has 4 N–H and O–H groups in total. The first-order valence-electron chi connectivity index (χ1n) is 5.95. The van der Waals surface area contributed by atoms with Gasteiger partial charge in [-0.15, -0.1) is 5.53 Å². The molecule has 0 bridgehead atoms. The number of carbonyl (C=O) groups excluding carboxylic acids is 1. The van der Waals surface area contributed by atoms with Crippen molar-refractivity contribution in [1.29, 1.82) is 5.26 Å². The third-order valence-electron chi connectivity index (χ3n) is 2.98. The first kappa shape index (κ1) is 14.7. The molecule has 0 radical (unpaired) electrons. The van der Waals surface area contributed by atoms with E-state index in [2.05, 4.69) is 21.1 Å². The Kier molecular flexibility index (Phi) is 4.34. The molecule has 9 nitrogen and oxygen atoms in total. The van der Waals surface area contributed by atoms with Crippen molar-refractivity contribution in [3.63, 3.8) is 0 Å². The molecule has 110 valence electrons. The lowest BCUT2D eigenvalue weighted by Crippen LogP contribution is -2.69. The van der Waals surface area contributed by atoms with Crippen molar-refractivity contribution in [2.75, 3.05) is 7.11 Å². The van der Waals surface area contributed by atoms with Gasteiger partial charge < -0.3 is 9.84 Å². The molecule has 1 heterocycles. The minimum atomic E-state index is -1.27. The molecular formula is C12H13N5O4. The number of ether oxygens (including phenoxy) is 1. The number of amides is 1. The molecule has 2 rings (SSSR count). The largest absolute Gasteiger partial charge is 0.468 e. The van der Waals surface area contributed by atoms with Gasteiger partial charge in [0.2, 0.25) is 0 Å². The minimum absolute atomic E-state index is 0.463. The lowest BCUT2D eigenvalue weighted by molar-refractivity contribution is -0.148. The van der Waals surface area contributed by atoms with Crippen LogP contribution in [0.2, 0.25) is 0 Å². The van der Waals surface area contributed by atoms with Crippen LogP contribution in [0.5, 0.6) is 0 Å². The van der Waals surface area contributed by atoms with Crippen LogP contribution in [0.15, 0.2) is 24.3 Å². The summed E-state index contributed by atoms with van der Waals surface area (Å²) in [6.07, 6.45) is -1.27. The number of hydrazine groups is 3. The highest BCUT2D eigenvalue weighted by molar-refractivity contribution is 5.77. The number of rotatable bonds is 2. The van der Waals surface area contributed by atoms with Gasteiger partial charge in [0.05, 0.1) is 24.8 Å². The van der Waals surface area contributed by atoms with E-state index in [0.29, 0.717) is 16.2 Å². The Hall–Kier alpha value is -2.67. The second kappa shape index (κ2) is 6.19. The number of hydrogen-bond donors (Lipinski definition) is 4. The first-order chi connectivity index (χ1) is 10.1. The summed E-state index contributed by atoms with van der Waals surface area (Å²) in [5.41, 5.74) is 8.64. The summed E-state index contributed by atoms with van der Waals surface area (Å²) in [6.45, 7) is 0. The van der Waals surface area contributed by atoms with Gasteiger partial charge in [-0.1, -0.05) is 12.1 Å². The third kappa shape index (κ3) is 3.09. The summed E-state index contributed by atoms with van der Waals surface area (Å²) in [4.78, 5) is 22.7. The average Bonchev–Trinajstić information content (AvgIpc) is 2.53. The Morgan fingerprint density at radius 1 is 1.38 bits per heavy atom. The molecule has 2 atom stereocenters. The maximum absolute atomic E-state index is 11.8. The molecule has 1 saturated heterocycles. The number of nitrogens with zero attached hydrogens (tertiary/aromatic N) is 2. The second-order valence-electron chi connectivity index (χ2n) is 4.22. The van der Waals surface area contributed by atoms with Crippen molar-refractivity contribution < 1.29 is 19.4 Å². The van der Waals surface area contributed by atoms with Gasteiger partial charge >= 0.3 is 12.1 Å². The Balaban J connectivity index is 2.29. The average molecular weight is 291 g/mol. The number of carboxylic acid groups (broad SMARTS) is 1. The highest BCUT2D eigenvalue weighted by Crippen LogP contribution is 2.20. The Labute approximate surface area is 120 Å². The summed E-state index contributed by atoms with van der Waals surface area (Å²) >= 11 is 0. The Morgan fingerprint density at radius 2 is 2.05 bits per heavy atom. The van der Waals surface area contributed by atoms with Crippen LogP contribution in [-0.2, 0) is 9.53 Å². The maximum atomic E-state index is 11.8. The van der Waals surface area contributed by atoms with Crippen LogP contribution in [0.4, 0.5) is 4.79 Å². The third-order valence-corrected chi connectivity index (χ3v) is 2.98. The van der Waals surface area contributed by atoms with Gasteiger partial charge in [0.15, 0.2) is 0 Å². The molecule has 0 saturated carbocycles. The SMILES string of the molecule is COC(=O)C1NNN(C(=O)O)NC1c1ccc(C#N)cc1. The quantitative estimate of drug-likeness (QED) is 0.544. The van der Waals surface area contributed by atoms with E-state index < -0.39 is 24.1 Å². The molecule has 1 aromatic rings. The van der Waals surface area contributed by atoms with Gasteiger partial charge in [0.1, 0.15) is 6.04 Å².